The molecule has 0 saturated carbocycles. The van der Waals surface area contributed by atoms with Crippen molar-refractivity contribution in [2.45, 2.75) is 0 Å². The summed E-state index contributed by atoms with van der Waals surface area (Å²) in [4.78, 5) is 10.2. The van der Waals surface area contributed by atoms with Gasteiger partial charge >= 0.3 is 0 Å². The van der Waals surface area contributed by atoms with Crippen molar-refractivity contribution in [1.29, 1.82) is 0 Å². The van der Waals surface area contributed by atoms with Crippen LogP contribution >= 0.6 is 23.2 Å². The number of nitrogen functional groups attached to an aromatic ring is 1. The fourth-order valence-electron chi connectivity index (χ4n) is 1.27. The zero-order chi connectivity index (χ0) is 14.7. The third-order valence-corrected chi connectivity index (χ3v) is 2.83. The molecule has 2 aromatic rings. The van der Waals surface area contributed by atoms with Crippen molar-refractivity contribution in [2.75, 3.05) is 11.3 Å². The highest BCUT2D eigenvalue weighted by atomic mass is 35.5. The molecule has 2 rings (SSSR count). The first-order valence-electron chi connectivity index (χ1n) is 5.06. The van der Waals surface area contributed by atoms with Gasteiger partial charge in [0.2, 0.25) is 0 Å². The van der Waals surface area contributed by atoms with Crippen molar-refractivity contribution < 1.29 is 4.92 Å². The normalized spacial score (nSPS) is 10.9. The first-order valence-corrected chi connectivity index (χ1v) is 5.82. The Morgan fingerprint density at radius 3 is 2.80 bits per heavy atom. The second-order valence-corrected chi connectivity index (χ2v) is 4.33. The minimum Gasteiger partial charge on any atom is -0.335 e. The number of rotatable bonds is 4. The summed E-state index contributed by atoms with van der Waals surface area (Å²) < 4.78 is 1.11. The van der Waals surface area contributed by atoms with E-state index in [-0.39, 0.29) is 21.7 Å². The lowest BCUT2D eigenvalue weighted by Gasteiger charge is -2.01. The first kappa shape index (κ1) is 14.0. The molecular formula is C9H7Cl2N7O2. The molecule has 0 aliphatic heterocycles. The van der Waals surface area contributed by atoms with E-state index < -0.39 is 4.92 Å². The number of benzene rings is 1. The second-order valence-electron chi connectivity index (χ2n) is 3.51. The molecule has 104 valence electrons. The van der Waals surface area contributed by atoms with Crippen LogP contribution in [-0.4, -0.2) is 26.0 Å². The molecule has 1 aromatic heterocycles. The van der Waals surface area contributed by atoms with Gasteiger partial charge in [0.15, 0.2) is 0 Å². The zero-order valence-corrected chi connectivity index (χ0v) is 11.2. The summed E-state index contributed by atoms with van der Waals surface area (Å²) in [6.07, 6.45) is 2.55. The second kappa shape index (κ2) is 5.72. The number of nitrogens with two attached hydrogens (primary N) is 1. The van der Waals surface area contributed by atoms with Crippen LogP contribution in [0.3, 0.4) is 0 Å². The van der Waals surface area contributed by atoms with Crippen LogP contribution in [0.4, 0.5) is 11.6 Å². The number of halogens is 2. The molecule has 0 saturated heterocycles. The Morgan fingerprint density at radius 1 is 1.45 bits per heavy atom. The average Bonchev–Trinajstić information content (AvgIpc) is 2.77. The Bertz CT molecular complexity index is 685. The molecule has 1 aromatic carbocycles. The summed E-state index contributed by atoms with van der Waals surface area (Å²) in [5.41, 5.74) is 2.56. The minimum atomic E-state index is -0.611. The van der Waals surface area contributed by atoms with Gasteiger partial charge in [0.05, 0.1) is 16.2 Å². The zero-order valence-electron chi connectivity index (χ0n) is 9.70. The molecule has 0 bridgehead atoms. The summed E-state index contributed by atoms with van der Waals surface area (Å²) in [7, 11) is 0. The number of hydrogen-bond donors (Lipinski definition) is 2. The lowest BCUT2D eigenvalue weighted by atomic mass is 10.2. The molecule has 0 aliphatic carbocycles. The number of nitrogens with zero attached hydrogens (tertiary/aromatic N) is 5. The van der Waals surface area contributed by atoms with Crippen molar-refractivity contribution in [2.24, 2.45) is 5.10 Å². The maximum absolute atomic E-state index is 10.8. The standard InChI is InChI=1S/C9H7Cl2N7O2/c10-6-2-7(11)8(18(19)20)1-5(6)3-13-15-9-16-14-4-17(9)12/h1-4H,12H2,(H,15,16)/b13-3-. The molecule has 1 heterocycles. The quantitative estimate of drug-likeness (QED) is 0.382. The van der Waals surface area contributed by atoms with Crippen LogP contribution in [0.2, 0.25) is 10.0 Å². The number of aromatic nitrogens is 3. The SMILES string of the molecule is Nn1cnnc1N/N=C\c1cc([N+](=O)[O-])c(Cl)cc1Cl. The molecule has 11 heteroatoms. The first-order chi connectivity index (χ1) is 9.49. The van der Waals surface area contributed by atoms with E-state index in [2.05, 4.69) is 20.7 Å². The number of nitro groups is 1. The van der Waals surface area contributed by atoms with Gasteiger partial charge in [-0.2, -0.15) is 5.10 Å². The van der Waals surface area contributed by atoms with Crippen LogP contribution in [0.5, 0.6) is 0 Å². The average molecular weight is 316 g/mol. The topological polar surface area (TPSA) is 124 Å². The Labute approximate surface area is 122 Å². The molecule has 0 atom stereocenters. The summed E-state index contributed by atoms with van der Waals surface area (Å²) in [6.45, 7) is 0. The molecule has 0 fully saturated rings. The highest BCUT2D eigenvalue weighted by molar-refractivity contribution is 6.37. The maximum Gasteiger partial charge on any atom is 0.288 e. The highest BCUT2D eigenvalue weighted by Gasteiger charge is 2.15. The summed E-state index contributed by atoms with van der Waals surface area (Å²) in [6, 6.07) is 2.48. The van der Waals surface area contributed by atoms with Gasteiger partial charge in [0, 0.05) is 11.6 Å². The summed E-state index contributed by atoms with van der Waals surface area (Å²) in [5.74, 6) is 5.65. The van der Waals surface area contributed by atoms with Gasteiger partial charge in [0.25, 0.3) is 11.6 Å². The van der Waals surface area contributed by atoms with E-state index in [4.69, 9.17) is 29.0 Å². The van der Waals surface area contributed by atoms with E-state index in [1.54, 1.807) is 0 Å². The predicted molar refractivity (Wildman–Crippen MR) is 74.5 cm³/mol. The lowest BCUT2D eigenvalue weighted by Crippen LogP contribution is -2.10. The maximum atomic E-state index is 10.8. The van der Waals surface area contributed by atoms with Crippen molar-refractivity contribution >= 4 is 41.1 Å². The number of nitrogens with one attached hydrogen (secondary N) is 1. The van der Waals surface area contributed by atoms with Crippen molar-refractivity contribution in [3.8, 4) is 0 Å². The molecule has 3 N–H and O–H groups in total. The fourth-order valence-corrected chi connectivity index (χ4v) is 1.78. The lowest BCUT2D eigenvalue weighted by molar-refractivity contribution is -0.384. The predicted octanol–water partition coefficient (Wildman–Crippen LogP) is 1.65. The van der Waals surface area contributed by atoms with Crippen LogP contribution < -0.4 is 11.3 Å². The Kier molecular flexibility index (Phi) is 4.01. The van der Waals surface area contributed by atoms with Crippen LogP contribution in [0.25, 0.3) is 0 Å². The smallest absolute Gasteiger partial charge is 0.288 e. The molecule has 0 radical (unpaired) electrons. The molecule has 20 heavy (non-hydrogen) atoms. The van der Waals surface area contributed by atoms with Gasteiger partial charge < -0.3 is 5.84 Å². The third kappa shape index (κ3) is 2.95. The van der Waals surface area contributed by atoms with Gasteiger partial charge in [-0.15, -0.1) is 10.2 Å². The van der Waals surface area contributed by atoms with Gasteiger partial charge in [-0.05, 0) is 6.07 Å². The summed E-state index contributed by atoms with van der Waals surface area (Å²) >= 11 is 11.6. The van der Waals surface area contributed by atoms with E-state index >= 15 is 0 Å². The fraction of sp³-hybridized carbons (Fsp3) is 0. The Balaban J connectivity index is 2.23. The van der Waals surface area contributed by atoms with Gasteiger partial charge in [-0.3, -0.25) is 10.1 Å². The van der Waals surface area contributed by atoms with Crippen LogP contribution in [0.15, 0.2) is 23.6 Å². The van der Waals surface area contributed by atoms with Crippen molar-refractivity contribution in [1.82, 2.24) is 14.9 Å². The van der Waals surface area contributed by atoms with E-state index in [0.717, 1.165) is 4.68 Å². The van der Waals surface area contributed by atoms with E-state index in [1.807, 2.05) is 0 Å². The number of nitro benzene ring substituents is 1. The Morgan fingerprint density at radius 2 is 2.20 bits per heavy atom. The summed E-state index contributed by atoms with van der Waals surface area (Å²) in [5, 5.41) is 21.9. The number of anilines is 1. The van der Waals surface area contributed by atoms with Crippen LogP contribution in [0, 0.1) is 10.1 Å². The van der Waals surface area contributed by atoms with Crippen molar-refractivity contribution in [3.05, 3.63) is 44.2 Å². The van der Waals surface area contributed by atoms with Gasteiger partial charge in [-0.25, -0.2) is 10.1 Å². The largest absolute Gasteiger partial charge is 0.335 e. The monoisotopic (exact) mass is 315 g/mol. The minimum absolute atomic E-state index is 0.0492. The molecule has 0 aliphatic rings. The molecule has 0 unspecified atom stereocenters. The van der Waals surface area contributed by atoms with Gasteiger partial charge in [0.1, 0.15) is 11.3 Å². The Hall–Kier alpha value is -2.39. The van der Waals surface area contributed by atoms with Crippen molar-refractivity contribution in [3.63, 3.8) is 0 Å². The molecular weight excluding hydrogens is 309 g/mol. The highest BCUT2D eigenvalue weighted by Crippen LogP contribution is 2.29. The molecule has 0 spiro atoms. The van der Waals surface area contributed by atoms with Crippen LogP contribution in [0.1, 0.15) is 5.56 Å². The van der Waals surface area contributed by atoms with Gasteiger partial charge in [-0.1, -0.05) is 23.2 Å². The van der Waals surface area contributed by atoms with Crippen LogP contribution in [-0.2, 0) is 0 Å². The number of hydrazone groups is 1. The van der Waals surface area contributed by atoms with E-state index in [0.29, 0.717) is 5.56 Å². The van der Waals surface area contributed by atoms with E-state index in [1.165, 1.54) is 24.7 Å². The van der Waals surface area contributed by atoms with E-state index in [9.17, 15) is 10.1 Å². The molecule has 0 amide bonds. The third-order valence-electron chi connectivity index (χ3n) is 2.20. The number of hydrogen-bond acceptors (Lipinski definition) is 7. The molecule has 9 nitrogen and oxygen atoms in total.